The van der Waals surface area contributed by atoms with E-state index in [1.807, 2.05) is 13.8 Å². The van der Waals surface area contributed by atoms with Gasteiger partial charge >= 0.3 is 0 Å². The maximum absolute atomic E-state index is 14.5. The Morgan fingerprint density at radius 2 is 2.09 bits per heavy atom. The molecule has 4 aromatic rings. The van der Waals surface area contributed by atoms with E-state index in [2.05, 4.69) is 25.4 Å². The van der Waals surface area contributed by atoms with Crippen LogP contribution in [0.2, 0.25) is 0 Å². The molecule has 5 rings (SSSR count). The van der Waals surface area contributed by atoms with Gasteiger partial charge in [-0.1, -0.05) is 0 Å². The maximum atomic E-state index is 14.5. The summed E-state index contributed by atoms with van der Waals surface area (Å²) in [5.74, 6) is -0.223. The van der Waals surface area contributed by atoms with Crippen LogP contribution in [0.4, 0.5) is 19.0 Å². The van der Waals surface area contributed by atoms with E-state index in [1.165, 1.54) is 0 Å². The predicted molar refractivity (Wildman–Crippen MR) is 113 cm³/mol. The fourth-order valence-corrected chi connectivity index (χ4v) is 3.98. The molecule has 0 unspecified atom stereocenters. The first-order valence-corrected chi connectivity index (χ1v) is 10.5. The van der Waals surface area contributed by atoms with Crippen LogP contribution in [-0.2, 0) is 11.3 Å². The summed E-state index contributed by atoms with van der Waals surface area (Å²) in [6.07, 6.45) is 0.365. The number of rotatable bonds is 6. The summed E-state index contributed by atoms with van der Waals surface area (Å²) in [4.78, 5) is 5.98. The molecule has 172 valence electrons. The molecule has 2 atom stereocenters. The third-order valence-corrected chi connectivity index (χ3v) is 5.49. The monoisotopic (exact) mass is 458 g/mol. The molecular weight excluding hydrogens is 437 g/mol. The van der Waals surface area contributed by atoms with Crippen molar-refractivity contribution in [2.24, 2.45) is 0 Å². The van der Waals surface area contributed by atoms with Gasteiger partial charge in [0.1, 0.15) is 24.4 Å². The quantitative estimate of drug-likeness (QED) is 0.455. The zero-order valence-corrected chi connectivity index (χ0v) is 17.9. The van der Waals surface area contributed by atoms with E-state index < -0.39 is 23.8 Å². The molecule has 0 amide bonds. The number of nitrogens with zero attached hydrogens (tertiary/aromatic N) is 5. The van der Waals surface area contributed by atoms with Crippen LogP contribution in [0.5, 0.6) is 0 Å². The number of fused-ring (bicyclic) bond motifs is 1. The zero-order chi connectivity index (χ0) is 23.1. The Kier molecular flexibility index (Phi) is 5.49. The molecule has 33 heavy (non-hydrogen) atoms. The van der Waals surface area contributed by atoms with E-state index in [-0.39, 0.29) is 37.1 Å². The molecule has 0 spiro atoms. The second kappa shape index (κ2) is 8.47. The minimum absolute atomic E-state index is 0.0119. The normalized spacial score (nSPS) is 18.7. The van der Waals surface area contributed by atoms with E-state index in [0.29, 0.717) is 28.3 Å². The number of anilines is 1. The number of pyridine rings is 1. The van der Waals surface area contributed by atoms with Gasteiger partial charge in [-0.25, -0.2) is 18.2 Å². The number of ether oxygens (including phenoxy) is 1. The molecule has 11 heteroatoms. The van der Waals surface area contributed by atoms with Gasteiger partial charge in [0.05, 0.1) is 29.6 Å². The van der Waals surface area contributed by atoms with Crippen LogP contribution in [0.25, 0.3) is 22.5 Å². The summed E-state index contributed by atoms with van der Waals surface area (Å²) >= 11 is 0. The number of aromatic amines is 1. The minimum atomic E-state index is -1.22. The first kappa shape index (κ1) is 21.4. The third-order valence-electron chi connectivity index (χ3n) is 5.49. The fraction of sp³-hybridized carbons (Fsp3) is 0.364. The number of benzene rings is 1. The summed E-state index contributed by atoms with van der Waals surface area (Å²) in [7, 11) is 0. The molecule has 0 bridgehead atoms. The Morgan fingerprint density at radius 1 is 1.24 bits per heavy atom. The lowest BCUT2D eigenvalue weighted by Crippen LogP contribution is -2.25. The van der Waals surface area contributed by atoms with Crippen LogP contribution in [0.3, 0.4) is 0 Å². The number of hydrogen-bond donors (Lipinski definition) is 1. The van der Waals surface area contributed by atoms with Crippen molar-refractivity contribution in [3.8, 4) is 11.5 Å². The zero-order valence-electron chi connectivity index (χ0n) is 17.9. The second-order valence-corrected chi connectivity index (χ2v) is 8.20. The summed E-state index contributed by atoms with van der Waals surface area (Å²) < 4.78 is 53.9. The highest BCUT2D eigenvalue weighted by Crippen LogP contribution is 2.40. The van der Waals surface area contributed by atoms with Crippen LogP contribution in [0.1, 0.15) is 37.8 Å². The summed E-state index contributed by atoms with van der Waals surface area (Å²) in [6, 6.07) is 4.21. The molecule has 0 aliphatic carbocycles. The van der Waals surface area contributed by atoms with Gasteiger partial charge in [0.25, 0.3) is 0 Å². The van der Waals surface area contributed by atoms with E-state index in [0.717, 1.165) is 18.2 Å². The molecule has 0 saturated carbocycles. The van der Waals surface area contributed by atoms with Crippen LogP contribution >= 0.6 is 0 Å². The Hall–Kier alpha value is -3.47. The Balaban J connectivity index is 1.50. The highest BCUT2D eigenvalue weighted by molar-refractivity contribution is 5.90. The molecule has 1 aliphatic heterocycles. The largest absolute Gasteiger partial charge is 0.418 e. The fourth-order valence-electron chi connectivity index (χ4n) is 3.98. The lowest BCUT2D eigenvalue weighted by molar-refractivity contribution is 0.0519. The highest BCUT2D eigenvalue weighted by atomic mass is 19.1. The first-order valence-electron chi connectivity index (χ1n) is 10.5. The summed E-state index contributed by atoms with van der Waals surface area (Å²) in [5, 5.41) is 15.7. The number of aromatic nitrogens is 5. The molecule has 8 nitrogen and oxygen atoms in total. The van der Waals surface area contributed by atoms with Gasteiger partial charge in [-0.05, 0) is 38.1 Å². The van der Waals surface area contributed by atoms with Crippen molar-refractivity contribution >= 4 is 16.9 Å². The molecule has 3 aromatic heterocycles. The average molecular weight is 458 g/mol. The Labute approximate surface area is 186 Å². The highest BCUT2D eigenvalue weighted by Gasteiger charge is 2.37. The van der Waals surface area contributed by atoms with Gasteiger partial charge in [-0.15, -0.1) is 10.2 Å². The van der Waals surface area contributed by atoms with Crippen molar-refractivity contribution in [2.45, 2.75) is 45.2 Å². The minimum Gasteiger partial charge on any atom is -0.418 e. The molecule has 4 heterocycles. The molecule has 0 radical (unpaired) electrons. The standard InChI is InChI=1S/C22H21F3N6O2/c1-11(2)32-10-19-27-30-22(33-19)12-5-16-20(26-8-12)28-29-21(16)31-9-14(24)7-18(31)15-6-13(23)3-4-17(15)25/h3-6,8,11,14,18H,7,9-10H2,1-2H3,(H,26,28,29)/t14-,18+/m0/s1. The maximum Gasteiger partial charge on any atom is 0.249 e. The second-order valence-electron chi connectivity index (χ2n) is 8.20. The van der Waals surface area contributed by atoms with Gasteiger partial charge in [0.2, 0.25) is 11.8 Å². The number of H-pyrrole nitrogens is 1. The van der Waals surface area contributed by atoms with Crippen LogP contribution in [0.15, 0.2) is 34.9 Å². The van der Waals surface area contributed by atoms with E-state index >= 15 is 0 Å². The van der Waals surface area contributed by atoms with Crippen molar-refractivity contribution in [3.05, 3.63) is 53.6 Å². The topological polar surface area (TPSA) is 93.0 Å². The van der Waals surface area contributed by atoms with Gasteiger partial charge in [0, 0.05) is 18.2 Å². The van der Waals surface area contributed by atoms with Crippen LogP contribution in [-0.4, -0.2) is 44.2 Å². The van der Waals surface area contributed by atoms with Crippen molar-refractivity contribution in [3.63, 3.8) is 0 Å². The predicted octanol–water partition coefficient (Wildman–Crippen LogP) is 4.50. The van der Waals surface area contributed by atoms with Gasteiger partial charge in [-0.2, -0.15) is 5.10 Å². The molecule has 1 fully saturated rings. The van der Waals surface area contributed by atoms with Gasteiger partial charge < -0.3 is 14.1 Å². The van der Waals surface area contributed by atoms with E-state index in [9.17, 15) is 13.2 Å². The van der Waals surface area contributed by atoms with E-state index in [4.69, 9.17) is 9.15 Å². The first-order chi connectivity index (χ1) is 15.9. The van der Waals surface area contributed by atoms with Crippen molar-refractivity contribution in [1.82, 2.24) is 25.4 Å². The van der Waals surface area contributed by atoms with Crippen molar-refractivity contribution < 1.29 is 22.3 Å². The Bertz CT molecular complexity index is 1290. The molecule has 1 aliphatic rings. The smallest absolute Gasteiger partial charge is 0.249 e. The summed E-state index contributed by atoms with van der Waals surface area (Å²) in [5.41, 5.74) is 1.08. The molecule has 1 aromatic carbocycles. The summed E-state index contributed by atoms with van der Waals surface area (Å²) in [6.45, 7) is 3.98. The SMILES string of the molecule is CC(C)OCc1nnc(-c2cnc3[nH]nc(N4C[C@@H](F)C[C@@H]4c4cc(F)ccc4F)c3c2)o1. The number of halogens is 3. The molecule has 1 saturated heterocycles. The average Bonchev–Trinajstić information content (AvgIpc) is 3.51. The van der Waals surface area contributed by atoms with Crippen LogP contribution < -0.4 is 4.90 Å². The van der Waals surface area contributed by atoms with Crippen molar-refractivity contribution in [1.29, 1.82) is 0 Å². The molecule has 1 N–H and O–H groups in total. The number of alkyl halides is 1. The molecular formula is C22H21F3N6O2. The lowest BCUT2D eigenvalue weighted by atomic mass is 10.0. The lowest BCUT2D eigenvalue weighted by Gasteiger charge is -2.25. The van der Waals surface area contributed by atoms with Crippen LogP contribution in [0, 0.1) is 11.6 Å². The third kappa shape index (κ3) is 4.15. The number of hydrogen-bond acceptors (Lipinski definition) is 7. The van der Waals surface area contributed by atoms with E-state index in [1.54, 1.807) is 17.2 Å². The Morgan fingerprint density at radius 3 is 2.91 bits per heavy atom. The van der Waals surface area contributed by atoms with Gasteiger partial charge in [0.15, 0.2) is 11.5 Å². The van der Waals surface area contributed by atoms with Crippen molar-refractivity contribution in [2.75, 3.05) is 11.4 Å². The van der Waals surface area contributed by atoms with Gasteiger partial charge in [-0.3, -0.25) is 5.10 Å². The number of nitrogens with one attached hydrogen (secondary N) is 1.